The number of benzene rings is 1. The van der Waals surface area contributed by atoms with E-state index in [1.165, 1.54) is 0 Å². The molecule has 0 bridgehead atoms. The lowest BCUT2D eigenvalue weighted by molar-refractivity contribution is -0.119. The number of nitrogens with two attached hydrogens (primary N) is 1. The highest BCUT2D eigenvalue weighted by molar-refractivity contribution is 5.80. The summed E-state index contributed by atoms with van der Waals surface area (Å²) in [6, 6.07) is 7.30. The molecule has 4 N–H and O–H groups in total. The molecule has 0 spiro atoms. The number of nitrogens with one attached hydrogen (secondary N) is 2. The summed E-state index contributed by atoms with van der Waals surface area (Å²) >= 11 is 0. The van der Waals surface area contributed by atoms with Gasteiger partial charge in [0.25, 0.3) is 5.91 Å². The number of ether oxygens (including phenoxy) is 1. The van der Waals surface area contributed by atoms with E-state index in [-0.39, 0.29) is 12.5 Å². The highest BCUT2D eigenvalue weighted by Gasteiger charge is 1.98. The molecule has 0 radical (unpaired) electrons. The van der Waals surface area contributed by atoms with Crippen LogP contribution in [0.1, 0.15) is 0 Å². The summed E-state index contributed by atoms with van der Waals surface area (Å²) in [5.41, 5.74) is 2.84. The maximum absolute atomic E-state index is 10.8. The average Bonchev–Trinajstić information content (AvgIpc) is 2.26. The quantitative estimate of drug-likeness (QED) is 0.362. The second-order valence-corrected chi connectivity index (χ2v) is 2.65. The number of rotatable bonds is 4. The zero-order valence-corrected chi connectivity index (χ0v) is 7.91. The third-order valence-electron chi connectivity index (χ3n) is 1.68. The Morgan fingerprint density at radius 2 is 2.36 bits per heavy atom. The van der Waals surface area contributed by atoms with Crippen molar-refractivity contribution in [3.8, 4) is 5.75 Å². The molecule has 0 aliphatic heterocycles. The van der Waals surface area contributed by atoms with Crippen LogP contribution in [0.5, 0.6) is 5.75 Å². The van der Waals surface area contributed by atoms with Crippen LogP contribution in [0.25, 0.3) is 0 Å². The standard InChI is InChI=1S/C9H13N3O2/c1-14-8-4-2-3-7(5-8)11-6-9(13)12-10/h2-5,11H,6,10H2,1H3,(H,12,13). The highest BCUT2D eigenvalue weighted by Crippen LogP contribution is 2.15. The largest absolute Gasteiger partial charge is 0.497 e. The summed E-state index contributed by atoms with van der Waals surface area (Å²) in [6.45, 7) is 0.143. The van der Waals surface area contributed by atoms with Gasteiger partial charge in [0, 0.05) is 11.8 Å². The van der Waals surface area contributed by atoms with Crippen molar-refractivity contribution < 1.29 is 9.53 Å². The Morgan fingerprint density at radius 1 is 1.57 bits per heavy atom. The van der Waals surface area contributed by atoms with E-state index in [1.54, 1.807) is 13.2 Å². The Labute approximate surface area is 82.2 Å². The van der Waals surface area contributed by atoms with Crippen molar-refractivity contribution in [2.45, 2.75) is 0 Å². The Bertz CT molecular complexity index is 315. The van der Waals surface area contributed by atoms with E-state index in [0.29, 0.717) is 0 Å². The first-order valence-corrected chi connectivity index (χ1v) is 4.13. The molecule has 0 saturated heterocycles. The van der Waals surface area contributed by atoms with Crippen molar-refractivity contribution >= 4 is 11.6 Å². The van der Waals surface area contributed by atoms with Crippen molar-refractivity contribution in [3.05, 3.63) is 24.3 Å². The van der Waals surface area contributed by atoms with Gasteiger partial charge in [0.1, 0.15) is 5.75 Å². The van der Waals surface area contributed by atoms with Crippen LogP contribution >= 0.6 is 0 Å². The molecule has 0 heterocycles. The van der Waals surface area contributed by atoms with Gasteiger partial charge in [0.05, 0.1) is 13.7 Å². The molecular formula is C9H13N3O2. The minimum absolute atomic E-state index is 0.143. The molecule has 0 saturated carbocycles. The molecule has 0 aromatic heterocycles. The van der Waals surface area contributed by atoms with Crippen LogP contribution in [0.3, 0.4) is 0 Å². The number of hydrazine groups is 1. The first-order valence-electron chi connectivity index (χ1n) is 4.13. The lowest BCUT2D eigenvalue weighted by Crippen LogP contribution is -2.35. The van der Waals surface area contributed by atoms with E-state index in [1.807, 2.05) is 23.6 Å². The van der Waals surface area contributed by atoms with E-state index in [2.05, 4.69) is 5.32 Å². The summed E-state index contributed by atoms with van der Waals surface area (Å²) in [5, 5.41) is 2.90. The molecule has 0 fully saturated rings. The fourth-order valence-electron chi connectivity index (χ4n) is 0.966. The topological polar surface area (TPSA) is 76.4 Å². The zero-order chi connectivity index (χ0) is 10.4. The molecule has 76 valence electrons. The number of anilines is 1. The minimum Gasteiger partial charge on any atom is -0.497 e. The normalized spacial score (nSPS) is 9.29. The monoisotopic (exact) mass is 195 g/mol. The van der Waals surface area contributed by atoms with Crippen molar-refractivity contribution in [1.29, 1.82) is 0 Å². The molecule has 0 aliphatic carbocycles. The molecule has 5 nitrogen and oxygen atoms in total. The Balaban J connectivity index is 2.54. The third-order valence-corrected chi connectivity index (χ3v) is 1.68. The van der Waals surface area contributed by atoms with Crippen LogP contribution in [0, 0.1) is 0 Å². The van der Waals surface area contributed by atoms with Gasteiger partial charge in [-0.3, -0.25) is 10.2 Å². The summed E-state index contributed by atoms with van der Waals surface area (Å²) in [5.74, 6) is 5.40. The van der Waals surface area contributed by atoms with E-state index in [0.717, 1.165) is 11.4 Å². The number of methoxy groups -OCH3 is 1. The van der Waals surface area contributed by atoms with Gasteiger partial charge in [-0.1, -0.05) is 6.07 Å². The first kappa shape index (κ1) is 10.3. The van der Waals surface area contributed by atoms with Gasteiger partial charge >= 0.3 is 0 Å². The smallest absolute Gasteiger partial charge is 0.253 e. The Morgan fingerprint density at radius 3 is 3.00 bits per heavy atom. The number of carbonyl (C=O) groups is 1. The van der Waals surface area contributed by atoms with Crippen LogP contribution in [-0.2, 0) is 4.79 Å². The summed E-state index contributed by atoms with van der Waals surface area (Å²) in [7, 11) is 1.59. The lowest BCUT2D eigenvalue weighted by atomic mass is 10.3. The fourth-order valence-corrected chi connectivity index (χ4v) is 0.966. The van der Waals surface area contributed by atoms with E-state index in [9.17, 15) is 4.79 Å². The second kappa shape index (κ2) is 5.08. The molecule has 0 atom stereocenters. The fraction of sp³-hybridized carbons (Fsp3) is 0.222. The molecular weight excluding hydrogens is 182 g/mol. The van der Waals surface area contributed by atoms with E-state index in [4.69, 9.17) is 10.6 Å². The summed E-state index contributed by atoms with van der Waals surface area (Å²) < 4.78 is 5.02. The van der Waals surface area contributed by atoms with Crippen LogP contribution in [0.15, 0.2) is 24.3 Å². The van der Waals surface area contributed by atoms with Crippen molar-refractivity contribution in [3.63, 3.8) is 0 Å². The number of hydrogen-bond acceptors (Lipinski definition) is 4. The van der Waals surface area contributed by atoms with Crippen molar-refractivity contribution in [2.75, 3.05) is 19.0 Å². The molecule has 14 heavy (non-hydrogen) atoms. The van der Waals surface area contributed by atoms with Gasteiger partial charge in [-0.25, -0.2) is 5.84 Å². The van der Waals surface area contributed by atoms with Crippen LogP contribution in [0.2, 0.25) is 0 Å². The first-order chi connectivity index (χ1) is 6.76. The molecule has 0 aliphatic rings. The Hall–Kier alpha value is -1.75. The summed E-state index contributed by atoms with van der Waals surface area (Å²) in [4.78, 5) is 10.8. The Kier molecular flexibility index (Phi) is 3.75. The predicted molar refractivity (Wildman–Crippen MR) is 53.8 cm³/mol. The minimum atomic E-state index is -0.271. The molecule has 0 unspecified atom stereocenters. The van der Waals surface area contributed by atoms with Gasteiger partial charge in [-0.2, -0.15) is 0 Å². The van der Waals surface area contributed by atoms with Crippen LogP contribution < -0.4 is 21.3 Å². The van der Waals surface area contributed by atoms with Gasteiger partial charge in [0.2, 0.25) is 0 Å². The van der Waals surface area contributed by atoms with Crippen molar-refractivity contribution in [2.24, 2.45) is 5.84 Å². The van der Waals surface area contributed by atoms with Gasteiger partial charge in [-0.05, 0) is 12.1 Å². The van der Waals surface area contributed by atoms with Crippen LogP contribution in [-0.4, -0.2) is 19.6 Å². The maximum atomic E-state index is 10.8. The van der Waals surface area contributed by atoms with E-state index < -0.39 is 0 Å². The van der Waals surface area contributed by atoms with Gasteiger partial charge in [-0.15, -0.1) is 0 Å². The molecule has 1 aromatic rings. The molecule has 1 aromatic carbocycles. The predicted octanol–water partition coefficient (Wildman–Crippen LogP) is 0.0970. The SMILES string of the molecule is COc1cccc(NCC(=O)NN)c1. The number of amides is 1. The zero-order valence-electron chi connectivity index (χ0n) is 7.91. The molecule has 1 rings (SSSR count). The van der Waals surface area contributed by atoms with Gasteiger partial charge < -0.3 is 10.1 Å². The number of hydrogen-bond donors (Lipinski definition) is 3. The molecule has 1 amide bonds. The third kappa shape index (κ3) is 2.95. The number of carbonyl (C=O) groups excluding carboxylic acids is 1. The maximum Gasteiger partial charge on any atom is 0.253 e. The van der Waals surface area contributed by atoms with E-state index >= 15 is 0 Å². The summed E-state index contributed by atoms with van der Waals surface area (Å²) in [6.07, 6.45) is 0. The lowest BCUT2D eigenvalue weighted by Gasteiger charge is -2.06. The average molecular weight is 195 g/mol. The molecule has 5 heteroatoms. The van der Waals surface area contributed by atoms with Crippen molar-refractivity contribution in [1.82, 2.24) is 5.43 Å². The highest BCUT2D eigenvalue weighted by atomic mass is 16.5. The second-order valence-electron chi connectivity index (χ2n) is 2.65. The van der Waals surface area contributed by atoms with Crippen LogP contribution in [0.4, 0.5) is 5.69 Å². The van der Waals surface area contributed by atoms with Gasteiger partial charge in [0.15, 0.2) is 0 Å².